The van der Waals surface area contributed by atoms with Gasteiger partial charge in [-0.1, -0.05) is 84.9 Å². The molecule has 0 fully saturated rings. The molecule has 0 aliphatic rings. The fraction of sp³-hybridized carbons (Fsp3) is 0.0465. The number of furan rings is 1. The molecule has 10 aromatic rings. The summed E-state index contributed by atoms with van der Waals surface area (Å²) in [6, 6.07) is 50.1. The zero-order chi connectivity index (χ0) is 31.2. The van der Waals surface area contributed by atoms with Crippen molar-refractivity contribution in [1.82, 2.24) is 9.13 Å². The molecule has 4 heterocycles. The highest BCUT2D eigenvalue weighted by molar-refractivity contribution is 6.13. The Labute approximate surface area is 270 Å². The van der Waals surface area contributed by atoms with Gasteiger partial charge in [-0.05, 0) is 61.0 Å². The van der Waals surface area contributed by atoms with Crippen molar-refractivity contribution >= 4 is 65.6 Å². The lowest BCUT2D eigenvalue weighted by atomic mass is 10.00. The maximum absolute atomic E-state index is 6.57. The van der Waals surface area contributed by atoms with E-state index < -0.39 is 0 Å². The van der Waals surface area contributed by atoms with Crippen LogP contribution in [-0.2, 0) is 7.05 Å². The van der Waals surface area contributed by atoms with Gasteiger partial charge in [0.25, 0.3) is 0 Å². The van der Waals surface area contributed by atoms with E-state index in [0.29, 0.717) is 0 Å². The molecule has 4 heteroatoms. The fourth-order valence-corrected chi connectivity index (χ4v) is 7.74. The molecule has 0 spiro atoms. The van der Waals surface area contributed by atoms with E-state index in [1.165, 1.54) is 43.7 Å². The van der Waals surface area contributed by atoms with Crippen molar-refractivity contribution in [2.75, 3.05) is 0 Å². The van der Waals surface area contributed by atoms with Crippen LogP contribution in [-0.4, -0.2) is 9.13 Å². The van der Waals surface area contributed by atoms with Gasteiger partial charge < -0.3 is 13.6 Å². The summed E-state index contributed by atoms with van der Waals surface area (Å²) < 4.78 is 13.6. The van der Waals surface area contributed by atoms with E-state index in [1.807, 2.05) is 6.07 Å². The predicted octanol–water partition coefficient (Wildman–Crippen LogP) is 10.6. The van der Waals surface area contributed by atoms with Crippen LogP contribution in [0.15, 0.2) is 150 Å². The SMILES string of the molecule is Cc1ccc2c(oc3ccccc32)c1-c1cc2c(c[n+]1C)c1ccccc1n2-c1ccc2c(c1)c1ccccc1n2-c1ccccc1. The first-order chi connectivity index (χ1) is 23.2. The average molecular weight is 605 g/mol. The molecule has 4 aromatic heterocycles. The molecule has 4 nitrogen and oxygen atoms in total. The molecule has 10 rings (SSSR count). The molecule has 0 aliphatic carbocycles. The Hall–Kier alpha value is -6.13. The van der Waals surface area contributed by atoms with Crippen molar-refractivity contribution in [3.05, 3.63) is 151 Å². The average Bonchev–Trinajstić information content (AvgIpc) is 3.76. The molecular weight excluding hydrogens is 574 g/mol. The summed E-state index contributed by atoms with van der Waals surface area (Å²) in [5.74, 6) is 0. The molecule has 47 heavy (non-hydrogen) atoms. The van der Waals surface area contributed by atoms with Gasteiger partial charge in [-0.2, -0.15) is 0 Å². The molecule has 0 bridgehead atoms. The number of aromatic nitrogens is 3. The van der Waals surface area contributed by atoms with Crippen LogP contribution >= 0.6 is 0 Å². The number of hydrogen-bond acceptors (Lipinski definition) is 1. The van der Waals surface area contributed by atoms with Crippen LogP contribution in [0.3, 0.4) is 0 Å². The van der Waals surface area contributed by atoms with Crippen LogP contribution in [0.25, 0.3) is 88.2 Å². The Morgan fingerprint density at radius 3 is 1.91 bits per heavy atom. The first-order valence-electron chi connectivity index (χ1n) is 16.1. The summed E-state index contributed by atoms with van der Waals surface area (Å²) in [5.41, 5.74) is 12.3. The minimum atomic E-state index is 0.912. The quantitative estimate of drug-likeness (QED) is 0.184. The van der Waals surface area contributed by atoms with Crippen LogP contribution in [0.4, 0.5) is 0 Å². The number of para-hydroxylation sites is 4. The van der Waals surface area contributed by atoms with Gasteiger partial charge in [-0.3, -0.25) is 0 Å². The number of nitrogens with zero attached hydrogens (tertiary/aromatic N) is 3. The standard InChI is InChI=1S/C43H30N3O/c1-27-20-22-33-32-16-8-11-19-41(32)47-43(33)42(27)40-25-39-35(26-44(40)2)31-15-7-10-18-37(31)46(39)29-21-23-38-34(24-29)30-14-6-9-17-36(30)45(38)28-12-4-3-5-13-28/h3-26H,1-2H3/q+1. The number of pyridine rings is 1. The number of fused-ring (bicyclic) bond motifs is 9. The van der Waals surface area contributed by atoms with Gasteiger partial charge >= 0.3 is 0 Å². The first-order valence-corrected chi connectivity index (χ1v) is 16.1. The van der Waals surface area contributed by atoms with Crippen molar-refractivity contribution in [2.45, 2.75) is 6.92 Å². The van der Waals surface area contributed by atoms with Gasteiger partial charge in [0.2, 0.25) is 5.69 Å². The lowest BCUT2D eigenvalue weighted by molar-refractivity contribution is -0.659. The number of hydrogen-bond donors (Lipinski definition) is 0. The third-order valence-electron chi connectivity index (χ3n) is 9.87. The second kappa shape index (κ2) is 9.68. The fourth-order valence-electron chi connectivity index (χ4n) is 7.74. The minimum absolute atomic E-state index is 0.912. The molecule has 0 atom stereocenters. The molecule has 0 unspecified atom stereocenters. The lowest BCUT2D eigenvalue weighted by Crippen LogP contribution is -2.30. The second-order valence-electron chi connectivity index (χ2n) is 12.5. The molecule has 0 N–H and O–H groups in total. The van der Waals surface area contributed by atoms with Crippen LogP contribution in [0.5, 0.6) is 0 Å². The number of rotatable bonds is 3. The van der Waals surface area contributed by atoms with E-state index in [9.17, 15) is 0 Å². The molecule has 0 saturated heterocycles. The van der Waals surface area contributed by atoms with Crippen molar-refractivity contribution in [1.29, 1.82) is 0 Å². The first kappa shape index (κ1) is 26.1. The molecular formula is C43H30N3O+. The largest absolute Gasteiger partial charge is 0.455 e. The van der Waals surface area contributed by atoms with Crippen molar-refractivity contribution in [3.8, 4) is 22.6 Å². The summed E-state index contributed by atoms with van der Waals surface area (Å²) in [7, 11) is 2.15. The van der Waals surface area contributed by atoms with Gasteiger partial charge in [0, 0.05) is 44.4 Å². The van der Waals surface area contributed by atoms with Gasteiger partial charge in [0.05, 0.1) is 33.0 Å². The van der Waals surface area contributed by atoms with Crippen molar-refractivity contribution in [2.24, 2.45) is 7.05 Å². The van der Waals surface area contributed by atoms with E-state index in [2.05, 4.69) is 167 Å². The van der Waals surface area contributed by atoms with Gasteiger partial charge in [0.15, 0.2) is 6.20 Å². The Morgan fingerprint density at radius 2 is 1.13 bits per heavy atom. The van der Waals surface area contributed by atoms with Crippen molar-refractivity contribution < 1.29 is 8.98 Å². The third kappa shape index (κ3) is 3.67. The van der Waals surface area contributed by atoms with Crippen LogP contribution in [0.2, 0.25) is 0 Å². The van der Waals surface area contributed by atoms with E-state index >= 15 is 0 Å². The highest BCUT2D eigenvalue weighted by atomic mass is 16.3. The molecule has 0 amide bonds. The van der Waals surface area contributed by atoms with Gasteiger partial charge in [-0.25, -0.2) is 4.57 Å². The summed E-state index contributed by atoms with van der Waals surface area (Å²) in [5, 5.41) is 7.21. The number of benzene rings is 6. The van der Waals surface area contributed by atoms with Gasteiger partial charge in [0.1, 0.15) is 18.2 Å². The molecule has 0 aliphatic heterocycles. The highest BCUT2D eigenvalue weighted by Gasteiger charge is 2.24. The second-order valence-corrected chi connectivity index (χ2v) is 12.5. The minimum Gasteiger partial charge on any atom is -0.455 e. The van der Waals surface area contributed by atoms with E-state index in [4.69, 9.17) is 4.42 Å². The maximum atomic E-state index is 6.57. The van der Waals surface area contributed by atoms with E-state index in [0.717, 1.165) is 50.1 Å². The number of aryl methyl sites for hydroxylation is 2. The Bertz CT molecular complexity index is 2870. The van der Waals surface area contributed by atoms with Crippen molar-refractivity contribution in [3.63, 3.8) is 0 Å². The monoisotopic (exact) mass is 604 g/mol. The highest BCUT2D eigenvalue weighted by Crippen LogP contribution is 2.40. The zero-order valence-electron chi connectivity index (χ0n) is 26.1. The Balaban J connectivity index is 1.28. The van der Waals surface area contributed by atoms with E-state index in [1.54, 1.807) is 0 Å². The normalized spacial score (nSPS) is 12.0. The lowest BCUT2D eigenvalue weighted by Gasteiger charge is -2.11. The zero-order valence-corrected chi connectivity index (χ0v) is 26.1. The van der Waals surface area contributed by atoms with E-state index in [-0.39, 0.29) is 0 Å². The predicted molar refractivity (Wildman–Crippen MR) is 194 cm³/mol. The smallest absolute Gasteiger partial charge is 0.218 e. The van der Waals surface area contributed by atoms with Crippen LogP contribution in [0.1, 0.15) is 5.56 Å². The molecule has 0 radical (unpaired) electrons. The summed E-state index contributed by atoms with van der Waals surface area (Å²) >= 11 is 0. The van der Waals surface area contributed by atoms with Gasteiger partial charge in [-0.15, -0.1) is 0 Å². The third-order valence-corrected chi connectivity index (χ3v) is 9.87. The van der Waals surface area contributed by atoms with Crippen LogP contribution in [0, 0.1) is 6.92 Å². The summed E-state index contributed by atoms with van der Waals surface area (Å²) in [6.07, 6.45) is 2.28. The Kier molecular flexibility index (Phi) is 5.38. The molecule has 222 valence electrons. The summed E-state index contributed by atoms with van der Waals surface area (Å²) in [4.78, 5) is 0. The maximum Gasteiger partial charge on any atom is 0.218 e. The topological polar surface area (TPSA) is 26.9 Å². The molecule has 6 aromatic carbocycles. The Morgan fingerprint density at radius 1 is 0.489 bits per heavy atom. The summed E-state index contributed by atoms with van der Waals surface area (Å²) in [6.45, 7) is 2.18. The molecule has 0 saturated carbocycles. The van der Waals surface area contributed by atoms with Crippen LogP contribution < -0.4 is 4.57 Å².